The fourth-order valence-corrected chi connectivity index (χ4v) is 1.84. The molecule has 0 heterocycles. The van der Waals surface area contributed by atoms with Crippen LogP contribution in [0.15, 0.2) is 6.07 Å². The van der Waals surface area contributed by atoms with E-state index in [2.05, 4.69) is 19.9 Å². The molecule has 0 fully saturated rings. The molecule has 2 heteroatoms. The summed E-state index contributed by atoms with van der Waals surface area (Å²) in [5, 5.41) is 0. The van der Waals surface area contributed by atoms with Crippen molar-refractivity contribution in [2.24, 2.45) is 0 Å². The number of benzene rings is 1. The molecule has 0 atom stereocenters. The quantitative estimate of drug-likeness (QED) is 0.736. The zero-order valence-corrected chi connectivity index (χ0v) is 9.60. The van der Waals surface area contributed by atoms with Crippen LogP contribution >= 0.6 is 0 Å². The summed E-state index contributed by atoms with van der Waals surface area (Å²) < 4.78 is 10.7. The monoisotopic (exact) mass is 194 g/mol. The lowest BCUT2D eigenvalue weighted by molar-refractivity contribution is 0.385. The summed E-state index contributed by atoms with van der Waals surface area (Å²) in [6, 6.07) is 2.07. The Morgan fingerprint density at radius 1 is 1.14 bits per heavy atom. The number of rotatable bonds is 3. The van der Waals surface area contributed by atoms with Crippen molar-refractivity contribution in [1.82, 2.24) is 0 Å². The molecule has 78 valence electrons. The van der Waals surface area contributed by atoms with Crippen LogP contribution in [0.3, 0.4) is 0 Å². The van der Waals surface area contributed by atoms with Crippen molar-refractivity contribution >= 4 is 0 Å². The summed E-state index contributed by atoms with van der Waals surface area (Å²) in [6.07, 6.45) is 0.986. The molecule has 1 aromatic carbocycles. The first-order chi connectivity index (χ1) is 6.65. The highest BCUT2D eigenvalue weighted by atomic mass is 16.5. The first kappa shape index (κ1) is 10.9. The van der Waals surface area contributed by atoms with Crippen molar-refractivity contribution in [1.29, 1.82) is 0 Å². The maximum atomic E-state index is 5.41. The normalized spacial score (nSPS) is 10.1. The van der Waals surface area contributed by atoms with Crippen LogP contribution in [-0.2, 0) is 6.42 Å². The number of hydrogen-bond acceptors (Lipinski definition) is 2. The molecule has 0 saturated carbocycles. The Balaban J connectivity index is 3.40. The minimum absolute atomic E-state index is 0.900. The predicted molar refractivity (Wildman–Crippen MR) is 58.4 cm³/mol. The lowest BCUT2D eigenvalue weighted by atomic mass is 10.0. The average Bonchev–Trinajstić information content (AvgIpc) is 2.20. The van der Waals surface area contributed by atoms with E-state index < -0.39 is 0 Å². The van der Waals surface area contributed by atoms with Crippen LogP contribution < -0.4 is 9.47 Å². The third kappa shape index (κ3) is 1.69. The third-order valence-electron chi connectivity index (χ3n) is 2.59. The SMILES string of the molecule is CCc1c(C)cc(OC)c(C)c1OC. The molecule has 14 heavy (non-hydrogen) atoms. The second-order valence-corrected chi connectivity index (χ2v) is 3.39. The van der Waals surface area contributed by atoms with Gasteiger partial charge in [0.1, 0.15) is 11.5 Å². The van der Waals surface area contributed by atoms with Crippen LogP contribution in [0.4, 0.5) is 0 Å². The summed E-state index contributed by atoms with van der Waals surface area (Å²) in [4.78, 5) is 0. The molecule has 0 unspecified atom stereocenters. The van der Waals surface area contributed by atoms with Gasteiger partial charge in [0.25, 0.3) is 0 Å². The molecule has 0 aromatic heterocycles. The molecular formula is C12H18O2. The van der Waals surface area contributed by atoms with E-state index in [1.165, 1.54) is 11.1 Å². The second-order valence-electron chi connectivity index (χ2n) is 3.39. The highest BCUT2D eigenvalue weighted by Crippen LogP contribution is 2.34. The summed E-state index contributed by atoms with van der Waals surface area (Å²) in [5.74, 6) is 1.86. The van der Waals surface area contributed by atoms with Gasteiger partial charge in [0.05, 0.1) is 14.2 Å². The zero-order chi connectivity index (χ0) is 10.7. The standard InChI is InChI=1S/C12H18O2/c1-6-10-8(2)7-11(13-4)9(3)12(10)14-5/h7H,6H2,1-5H3. The van der Waals surface area contributed by atoms with Gasteiger partial charge in [-0.1, -0.05) is 6.92 Å². The molecule has 0 bridgehead atoms. The maximum absolute atomic E-state index is 5.41. The van der Waals surface area contributed by atoms with Gasteiger partial charge in [-0.15, -0.1) is 0 Å². The first-order valence-corrected chi connectivity index (χ1v) is 4.86. The van der Waals surface area contributed by atoms with Gasteiger partial charge in [-0.05, 0) is 37.5 Å². The van der Waals surface area contributed by atoms with Crippen LogP contribution in [0.25, 0.3) is 0 Å². The molecule has 0 radical (unpaired) electrons. The van der Waals surface area contributed by atoms with Crippen molar-refractivity contribution < 1.29 is 9.47 Å². The van der Waals surface area contributed by atoms with Gasteiger partial charge in [-0.2, -0.15) is 0 Å². The van der Waals surface area contributed by atoms with Crippen molar-refractivity contribution in [3.05, 3.63) is 22.8 Å². The predicted octanol–water partition coefficient (Wildman–Crippen LogP) is 2.88. The molecule has 1 rings (SSSR count). The topological polar surface area (TPSA) is 18.5 Å². The summed E-state index contributed by atoms with van der Waals surface area (Å²) in [6.45, 7) is 6.25. The third-order valence-corrected chi connectivity index (χ3v) is 2.59. The fraction of sp³-hybridized carbons (Fsp3) is 0.500. The minimum atomic E-state index is 0.900. The van der Waals surface area contributed by atoms with Crippen molar-refractivity contribution in [3.63, 3.8) is 0 Å². The van der Waals surface area contributed by atoms with E-state index in [9.17, 15) is 0 Å². The van der Waals surface area contributed by atoms with Crippen LogP contribution in [0.5, 0.6) is 11.5 Å². The Hall–Kier alpha value is -1.18. The summed E-state index contributed by atoms with van der Waals surface area (Å²) >= 11 is 0. The Morgan fingerprint density at radius 2 is 1.79 bits per heavy atom. The van der Waals surface area contributed by atoms with Gasteiger partial charge in [-0.3, -0.25) is 0 Å². The molecule has 2 nitrogen and oxygen atoms in total. The number of aryl methyl sites for hydroxylation is 1. The highest BCUT2D eigenvalue weighted by molar-refractivity contribution is 5.53. The van der Waals surface area contributed by atoms with Gasteiger partial charge < -0.3 is 9.47 Å². The van der Waals surface area contributed by atoms with Crippen molar-refractivity contribution in [3.8, 4) is 11.5 Å². The summed E-state index contributed by atoms with van der Waals surface area (Å²) in [5.41, 5.74) is 3.58. The fourth-order valence-electron chi connectivity index (χ4n) is 1.84. The molecule has 1 aromatic rings. The zero-order valence-electron chi connectivity index (χ0n) is 9.60. The molecule has 0 aliphatic carbocycles. The van der Waals surface area contributed by atoms with Crippen LogP contribution in [-0.4, -0.2) is 14.2 Å². The number of methoxy groups -OCH3 is 2. The maximum Gasteiger partial charge on any atom is 0.128 e. The van der Waals surface area contributed by atoms with Crippen LogP contribution in [0.2, 0.25) is 0 Å². The Kier molecular flexibility index (Phi) is 3.39. The van der Waals surface area contributed by atoms with Crippen LogP contribution in [0, 0.1) is 13.8 Å². The van der Waals surface area contributed by atoms with E-state index in [1.54, 1.807) is 14.2 Å². The lowest BCUT2D eigenvalue weighted by Gasteiger charge is -2.16. The largest absolute Gasteiger partial charge is 0.496 e. The molecule has 0 aliphatic rings. The molecule has 0 spiro atoms. The van der Waals surface area contributed by atoms with Crippen molar-refractivity contribution in [2.45, 2.75) is 27.2 Å². The van der Waals surface area contributed by atoms with Gasteiger partial charge >= 0.3 is 0 Å². The van der Waals surface area contributed by atoms with Crippen LogP contribution in [0.1, 0.15) is 23.6 Å². The molecule has 0 aliphatic heterocycles. The van der Waals surface area contributed by atoms with E-state index in [4.69, 9.17) is 9.47 Å². The average molecular weight is 194 g/mol. The lowest BCUT2D eigenvalue weighted by Crippen LogP contribution is -1.99. The van der Waals surface area contributed by atoms with E-state index in [0.29, 0.717) is 0 Å². The van der Waals surface area contributed by atoms with E-state index >= 15 is 0 Å². The van der Waals surface area contributed by atoms with Gasteiger partial charge in [0.2, 0.25) is 0 Å². The van der Waals surface area contributed by atoms with Gasteiger partial charge in [0, 0.05) is 5.56 Å². The highest BCUT2D eigenvalue weighted by Gasteiger charge is 2.12. The smallest absolute Gasteiger partial charge is 0.128 e. The second kappa shape index (κ2) is 4.36. The number of hydrogen-bond donors (Lipinski definition) is 0. The molecule has 0 saturated heterocycles. The van der Waals surface area contributed by atoms with E-state index in [1.807, 2.05) is 6.92 Å². The Bertz CT molecular complexity index is 330. The first-order valence-electron chi connectivity index (χ1n) is 4.86. The summed E-state index contributed by atoms with van der Waals surface area (Å²) in [7, 11) is 3.40. The minimum Gasteiger partial charge on any atom is -0.496 e. The Labute approximate surface area is 85.8 Å². The van der Waals surface area contributed by atoms with E-state index in [0.717, 1.165) is 23.5 Å². The van der Waals surface area contributed by atoms with Gasteiger partial charge in [0.15, 0.2) is 0 Å². The van der Waals surface area contributed by atoms with E-state index in [-0.39, 0.29) is 0 Å². The molecule has 0 N–H and O–H groups in total. The number of ether oxygens (including phenoxy) is 2. The Morgan fingerprint density at radius 3 is 2.21 bits per heavy atom. The molecule has 0 amide bonds. The molecular weight excluding hydrogens is 176 g/mol. The van der Waals surface area contributed by atoms with Crippen molar-refractivity contribution in [2.75, 3.05) is 14.2 Å². The van der Waals surface area contributed by atoms with Gasteiger partial charge in [-0.25, -0.2) is 0 Å².